The Labute approximate surface area is 134 Å². The minimum absolute atomic E-state index is 0.291. The molecule has 0 saturated carbocycles. The first-order valence-corrected chi connectivity index (χ1v) is 7.02. The summed E-state index contributed by atoms with van der Waals surface area (Å²) in [6.07, 6.45) is 0. The van der Waals surface area contributed by atoms with Gasteiger partial charge in [-0.25, -0.2) is 4.79 Å². The molecule has 0 bridgehead atoms. The summed E-state index contributed by atoms with van der Waals surface area (Å²) in [6.45, 7) is 3.70. The molecular formula is C17H17N3O3. The van der Waals surface area contributed by atoms with Gasteiger partial charge >= 0.3 is 5.97 Å². The zero-order valence-electron chi connectivity index (χ0n) is 13.2. The number of nitriles is 1. The lowest BCUT2D eigenvalue weighted by molar-refractivity contribution is 0.0599. The Bertz CT molecular complexity index is 800. The maximum absolute atomic E-state index is 12.3. The van der Waals surface area contributed by atoms with E-state index < -0.39 is 5.97 Å². The molecule has 1 amide bonds. The van der Waals surface area contributed by atoms with Gasteiger partial charge in [0.2, 0.25) is 0 Å². The average molecular weight is 311 g/mol. The molecule has 2 N–H and O–H groups in total. The zero-order chi connectivity index (χ0) is 17.0. The van der Waals surface area contributed by atoms with Crippen molar-refractivity contribution in [2.75, 3.05) is 7.11 Å². The Kier molecular flexibility index (Phi) is 4.82. The minimum Gasteiger partial charge on any atom is -0.465 e. The molecule has 118 valence electrons. The molecule has 0 aliphatic heterocycles. The number of methoxy groups -OCH3 is 1. The van der Waals surface area contributed by atoms with Crippen LogP contribution in [0, 0.1) is 25.2 Å². The van der Waals surface area contributed by atoms with Crippen molar-refractivity contribution < 1.29 is 14.3 Å². The molecule has 0 atom stereocenters. The Morgan fingerprint density at radius 1 is 1.35 bits per heavy atom. The normalized spacial score (nSPS) is 10.0. The van der Waals surface area contributed by atoms with Gasteiger partial charge < -0.3 is 15.0 Å². The predicted octanol–water partition coefficient (Wildman–Crippen LogP) is 2.22. The Morgan fingerprint density at radius 2 is 2.09 bits per heavy atom. The number of benzene rings is 1. The van der Waals surface area contributed by atoms with E-state index in [0.717, 1.165) is 5.56 Å². The maximum atomic E-state index is 12.3. The average Bonchev–Trinajstić information content (AvgIpc) is 2.86. The SMILES string of the molecule is COC(=O)c1c(C)[nH]c(C(=O)NCc2cccc(C#N)c2)c1C. The number of esters is 1. The van der Waals surface area contributed by atoms with Crippen molar-refractivity contribution in [3.05, 3.63) is 57.9 Å². The van der Waals surface area contributed by atoms with Crippen LogP contribution in [0.25, 0.3) is 0 Å². The Morgan fingerprint density at radius 3 is 2.74 bits per heavy atom. The van der Waals surface area contributed by atoms with Gasteiger partial charge in [-0.2, -0.15) is 5.26 Å². The van der Waals surface area contributed by atoms with E-state index in [1.54, 1.807) is 32.0 Å². The monoisotopic (exact) mass is 311 g/mol. The largest absolute Gasteiger partial charge is 0.465 e. The van der Waals surface area contributed by atoms with E-state index in [1.807, 2.05) is 6.07 Å². The summed E-state index contributed by atoms with van der Waals surface area (Å²) in [4.78, 5) is 27.0. The van der Waals surface area contributed by atoms with Gasteiger partial charge in [0, 0.05) is 12.2 Å². The van der Waals surface area contributed by atoms with E-state index >= 15 is 0 Å². The van der Waals surface area contributed by atoms with Crippen molar-refractivity contribution in [3.8, 4) is 6.07 Å². The highest BCUT2D eigenvalue weighted by Crippen LogP contribution is 2.19. The highest BCUT2D eigenvalue weighted by Gasteiger charge is 2.22. The molecule has 2 aromatic rings. The van der Waals surface area contributed by atoms with Crippen LogP contribution in [0.3, 0.4) is 0 Å². The van der Waals surface area contributed by atoms with E-state index in [9.17, 15) is 9.59 Å². The summed E-state index contributed by atoms with van der Waals surface area (Å²) < 4.78 is 4.72. The third-order valence-corrected chi connectivity index (χ3v) is 3.56. The third-order valence-electron chi connectivity index (χ3n) is 3.56. The van der Waals surface area contributed by atoms with Crippen LogP contribution < -0.4 is 5.32 Å². The second-order valence-corrected chi connectivity index (χ2v) is 5.11. The second kappa shape index (κ2) is 6.79. The number of carbonyl (C=O) groups excluding carboxylic acids is 2. The molecule has 0 aliphatic carbocycles. The fourth-order valence-corrected chi connectivity index (χ4v) is 2.41. The van der Waals surface area contributed by atoms with Gasteiger partial charge in [0.05, 0.1) is 24.3 Å². The molecule has 1 heterocycles. The molecule has 0 radical (unpaired) electrons. The van der Waals surface area contributed by atoms with Crippen molar-refractivity contribution >= 4 is 11.9 Å². The van der Waals surface area contributed by atoms with E-state index in [-0.39, 0.29) is 5.91 Å². The Hall–Kier alpha value is -3.07. The van der Waals surface area contributed by atoms with E-state index in [1.165, 1.54) is 7.11 Å². The number of hydrogen-bond acceptors (Lipinski definition) is 4. The Balaban J connectivity index is 2.15. The number of aromatic amines is 1. The van der Waals surface area contributed by atoms with Crippen molar-refractivity contribution in [3.63, 3.8) is 0 Å². The molecule has 0 saturated heterocycles. The summed E-state index contributed by atoms with van der Waals surface area (Å²) in [5.74, 6) is -0.792. The maximum Gasteiger partial charge on any atom is 0.339 e. The number of aromatic nitrogens is 1. The summed E-state index contributed by atoms with van der Waals surface area (Å²) >= 11 is 0. The molecular weight excluding hydrogens is 294 g/mol. The molecule has 23 heavy (non-hydrogen) atoms. The smallest absolute Gasteiger partial charge is 0.339 e. The van der Waals surface area contributed by atoms with Crippen molar-refractivity contribution in [2.45, 2.75) is 20.4 Å². The van der Waals surface area contributed by atoms with Crippen molar-refractivity contribution in [1.29, 1.82) is 5.26 Å². The molecule has 2 rings (SSSR count). The molecule has 0 spiro atoms. The van der Waals surface area contributed by atoms with Gasteiger partial charge in [-0.1, -0.05) is 12.1 Å². The molecule has 1 aromatic heterocycles. The molecule has 0 fully saturated rings. The number of nitrogens with one attached hydrogen (secondary N) is 2. The molecule has 1 aromatic carbocycles. The third kappa shape index (κ3) is 3.40. The van der Waals surface area contributed by atoms with Crippen LogP contribution >= 0.6 is 0 Å². The lowest BCUT2D eigenvalue weighted by atomic mass is 10.1. The predicted molar refractivity (Wildman–Crippen MR) is 83.9 cm³/mol. The first-order chi connectivity index (χ1) is 11.0. The number of rotatable bonds is 4. The van der Waals surface area contributed by atoms with E-state index in [0.29, 0.717) is 34.6 Å². The van der Waals surface area contributed by atoms with Crippen LogP contribution in [0.5, 0.6) is 0 Å². The van der Waals surface area contributed by atoms with Gasteiger partial charge in [-0.05, 0) is 37.1 Å². The van der Waals surface area contributed by atoms with Crippen LogP contribution in [0.1, 0.15) is 43.2 Å². The summed E-state index contributed by atoms with van der Waals surface area (Å²) in [5.41, 5.74) is 3.22. The van der Waals surface area contributed by atoms with Gasteiger partial charge in [0.25, 0.3) is 5.91 Å². The van der Waals surface area contributed by atoms with Crippen molar-refractivity contribution in [2.24, 2.45) is 0 Å². The molecule has 6 nitrogen and oxygen atoms in total. The molecule has 0 unspecified atom stereocenters. The first-order valence-electron chi connectivity index (χ1n) is 7.02. The molecule has 6 heteroatoms. The highest BCUT2D eigenvalue weighted by atomic mass is 16.5. The number of amides is 1. The lowest BCUT2D eigenvalue weighted by Crippen LogP contribution is -2.24. The van der Waals surface area contributed by atoms with E-state index in [2.05, 4.69) is 16.4 Å². The first kappa shape index (κ1) is 16.3. The van der Waals surface area contributed by atoms with Crippen LogP contribution in [0.15, 0.2) is 24.3 Å². The van der Waals surface area contributed by atoms with Crippen LogP contribution in [-0.2, 0) is 11.3 Å². The summed E-state index contributed by atoms with van der Waals surface area (Å²) in [6, 6.07) is 9.06. The fourth-order valence-electron chi connectivity index (χ4n) is 2.41. The minimum atomic E-state index is -0.475. The van der Waals surface area contributed by atoms with Crippen LogP contribution in [0.2, 0.25) is 0 Å². The number of aryl methyl sites for hydroxylation is 1. The topological polar surface area (TPSA) is 95.0 Å². The number of nitrogens with zero attached hydrogens (tertiary/aromatic N) is 1. The second-order valence-electron chi connectivity index (χ2n) is 5.11. The van der Waals surface area contributed by atoms with Crippen LogP contribution in [-0.4, -0.2) is 24.0 Å². The standard InChI is InChI=1S/C17H17N3O3/c1-10-14(17(22)23-3)11(2)20-15(10)16(21)19-9-13-6-4-5-12(7-13)8-18/h4-7,20H,9H2,1-3H3,(H,19,21). The van der Waals surface area contributed by atoms with E-state index in [4.69, 9.17) is 10.00 Å². The van der Waals surface area contributed by atoms with Gasteiger partial charge in [-0.15, -0.1) is 0 Å². The van der Waals surface area contributed by atoms with Gasteiger partial charge in [-0.3, -0.25) is 4.79 Å². The number of H-pyrrole nitrogens is 1. The summed E-state index contributed by atoms with van der Waals surface area (Å²) in [5, 5.41) is 11.6. The fraction of sp³-hybridized carbons (Fsp3) is 0.235. The van der Waals surface area contributed by atoms with Crippen LogP contribution in [0.4, 0.5) is 0 Å². The number of carbonyl (C=O) groups is 2. The van der Waals surface area contributed by atoms with Gasteiger partial charge in [0.1, 0.15) is 5.69 Å². The quantitative estimate of drug-likeness (QED) is 0.846. The number of ether oxygens (including phenoxy) is 1. The summed E-state index contributed by atoms with van der Waals surface area (Å²) in [7, 11) is 1.30. The highest BCUT2D eigenvalue weighted by molar-refractivity contribution is 6.00. The zero-order valence-corrected chi connectivity index (χ0v) is 13.2. The van der Waals surface area contributed by atoms with Crippen molar-refractivity contribution in [1.82, 2.24) is 10.3 Å². The molecule has 0 aliphatic rings. The lowest BCUT2D eigenvalue weighted by Gasteiger charge is -2.05. The number of hydrogen-bond donors (Lipinski definition) is 2. The van der Waals surface area contributed by atoms with Gasteiger partial charge in [0.15, 0.2) is 0 Å².